The van der Waals surface area contributed by atoms with Gasteiger partial charge in [-0.15, -0.1) is 0 Å². The van der Waals surface area contributed by atoms with Gasteiger partial charge in [-0.1, -0.05) is 12.1 Å². The SMILES string of the molecule is CN1CCC(C)(Oc2ccc(CN)cc2)CC1. The smallest absolute Gasteiger partial charge is 0.120 e. The molecule has 1 aliphatic heterocycles. The summed E-state index contributed by atoms with van der Waals surface area (Å²) in [6.45, 7) is 5.01. The largest absolute Gasteiger partial charge is 0.487 e. The molecule has 0 aromatic heterocycles. The number of hydrogen-bond donors (Lipinski definition) is 1. The van der Waals surface area contributed by atoms with Gasteiger partial charge in [0.2, 0.25) is 0 Å². The van der Waals surface area contributed by atoms with E-state index in [9.17, 15) is 0 Å². The predicted octanol–water partition coefficient (Wildman–Crippen LogP) is 2.01. The predicted molar refractivity (Wildman–Crippen MR) is 70.1 cm³/mol. The van der Waals surface area contributed by atoms with E-state index in [1.165, 1.54) is 0 Å². The lowest BCUT2D eigenvalue weighted by atomic mass is 9.93. The zero-order valence-corrected chi connectivity index (χ0v) is 10.8. The quantitative estimate of drug-likeness (QED) is 0.869. The number of rotatable bonds is 3. The van der Waals surface area contributed by atoms with Crippen molar-refractivity contribution in [3.8, 4) is 5.75 Å². The van der Waals surface area contributed by atoms with Crippen molar-refractivity contribution >= 4 is 0 Å². The van der Waals surface area contributed by atoms with Gasteiger partial charge in [0.25, 0.3) is 0 Å². The summed E-state index contributed by atoms with van der Waals surface area (Å²) >= 11 is 0. The van der Waals surface area contributed by atoms with Gasteiger partial charge in [0.05, 0.1) is 0 Å². The van der Waals surface area contributed by atoms with Crippen LogP contribution >= 0.6 is 0 Å². The van der Waals surface area contributed by atoms with E-state index in [-0.39, 0.29) is 5.60 Å². The number of hydrogen-bond acceptors (Lipinski definition) is 3. The molecule has 0 unspecified atom stereocenters. The highest BCUT2D eigenvalue weighted by molar-refractivity contribution is 5.27. The van der Waals surface area contributed by atoms with E-state index < -0.39 is 0 Å². The van der Waals surface area contributed by atoms with Crippen LogP contribution in [-0.2, 0) is 6.54 Å². The Morgan fingerprint density at radius 2 is 1.82 bits per heavy atom. The highest BCUT2D eigenvalue weighted by Crippen LogP contribution is 2.27. The molecule has 0 saturated carbocycles. The van der Waals surface area contributed by atoms with E-state index in [0.29, 0.717) is 6.54 Å². The summed E-state index contributed by atoms with van der Waals surface area (Å²) in [5.41, 5.74) is 6.71. The van der Waals surface area contributed by atoms with Gasteiger partial charge in [0.15, 0.2) is 0 Å². The number of likely N-dealkylation sites (tertiary alicyclic amines) is 1. The van der Waals surface area contributed by atoms with Crippen LogP contribution in [-0.4, -0.2) is 30.6 Å². The lowest BCUT2D eigenvalue weighted by molar-refractivity contribution is 0.0241. The molecule has 3 nitrogen and oxygen atoms in total. The maximum absolute atomic E-state index is 6.12. The molecule has 0 amide bonds. The van der Waals surface area contributed by atoms with Crippen LogP contribution in [0.25, 0.3) is 0 Å². The molecule has 1 aromatic carbocycles. The highest BCUT2D eigenvalue weighted by Gasteiger charge is 2.30. The Morgan fingerprint density at radius 1 is 1.24 bits per heavy atom. The van der Waals surface area contributed by atoms with E-state index in [0.717, 1.165) is 37.2 Å². The molecule has 2 rings (SSSR count). The number of nitrogens with zero attached hydrogens (tertiary/aromatic N) is 1. The van der Waals surface area contributed by atoms with Crippen LogP contribution < -0.4 is 10.5 Å². The average Bonchev–Trinajstić information content (AvgIpc) is 2.34. The zero-order chi connectivity index (χ0) is 12.3. The number of benzene rings is 1. The molecule has 1 aliphatic rings. The molecule has 1 saturated heterocycles. The van der Waals surface area contributed by atoms with Crippen molar-refractivity contribution in [3.63, 3.8) is 0 Å². The monoisotopic (exact) mass is 234 g/mol. The summed E-state index contributed by atoms with van der Waals surface area (Å²) in [6.07, 6.45) is 2.17. The normalized spacial score (nSPS) is 20.2. The Kier molecular flexibility index (Phi) is 3.69. The first-order valence-electron chi connectivity index (χ1n) is 6.28. The summed E-state index contributed by atoms with van der Waals surface area (Å²) in [5, 5.41) is 0. The molecule has 0 bridgehead atoms. The molecule has 2 N–H and O–H groups in total. The molecule has 0 radical (unpaired) electrons. The van der Waals surface area contributed by atoms with Crippen LogP contribution in [0.5, 0.6) is 5.75 Å². The maximum atomic E-state index is 6.12. The first-order chi connectivity index (χ1) is 8.11. The second-order valence-electron chi connectivity index (χ2n) is 5.20. The van der Waals surface area contributed by atoms with Crippen LogP contribution in [0.4, 0.5) is 0 Å². The van der Waals surface area contributed by atoms with Crippen molar-refractivity contribution in [2.24, 2.45) is 5.73 Å². The van der Waals surface area contributed by atoms with Gasteiger partial charge in [-0.2, -0.15) is 0 Å². The number of ether oxygens (including phenoxy) is 1. The van der Waals surface area contributed by atoms with Crippen LogP contribution in [0.2, 0.25) is 0 Å². The van der Waals surface area contributed by atoms with E-state index in [1.807, 2.05) is 24.3 Å². The minimum absolute atomic E-state index is 0.0171. The van der Waals surface area contributed by atoms with Crippen LogP contribution in [0.15, 0.2) is 24.3 Å². The first kappa shape index (κ1) is 12.4. The molecule has 1 heterocycles. The summed E-state index contributed by atoms with van der Waals surface area (Å²) in [7, 11) is 2.16. The van der Waals surface area contributed by atoms with Crippen molar-refractivity contribution in [1.82, 2.24) is 4.90 Å². The summed E-state index contributed by atoms with van der Waals surface area (Å²) < 4.78 is 6.12. The van der Waals surface area contributed by atoms with E-state index in [2.05, 4.69) is 18.9 Å². The van der Waals surface area contributed by atoms with Crippen molar-refractivity contribution in [1.29, 1.82) is 0 Å². The summed E-state index contributed by atoms with van der Waals surface area (Å²) in [6, 6.07) is 8.11. The average molecular weight is 234 g/mol. The molecule has 1 fully saturated rings. The van der Waals surface area contributed by atoms with Gasteiger partial charge >= 0.3 is 0 Å². The molecule has 3 heteroatoms. The van der Waals surface area contributed by atoms with Gasteiger partial charge < -0.3 is 15.4 Å². The van der Waals surface area contributed by atoms with E-state index in [4.69, 9.17) is 10.5 Å². The summed E-state index contributed by atoms with van der Waals surface area (Å²) in [5.74, 6) is 0.953. The molecule has 94 valence electrons. The molecular formula is C14H22N2O. The van der Waals surface area contributed by atoms with Crippen LogP contribution in [0, 0.1) is 0 Å². The highest BCUT2D eigenvalue weighted by atomic mass is 16.5. The maximum Gasteiger partial charge on any atom is 0.120 e. The second-order valence-corrected chi connectivity index (χ2v) is 5.20. The fourth-order valence-corrected chi connectivity index (χ4v) is 2.17. The zero-order valence-electron chi connectivity index (χ0n) is 10.8. The fraction of sp³-hybridized carbons (Fsp3) is 0.571. The molecule has 17 heavy (non-hydrogen) atoms. The van der Waals surface area contributed by atoms with Crippen molar-refractivity contribution < 1.29 is 4.74 Å². The van der Waals surface area contributed by atoms with Crippen LogP contribution in [0.1, 0.15) is 25.3 Å². The summed E-state index contributed by atoms with van der Waals surface area (Å²) in [4.78, 5) is 2.35. The van der Waals surface area contributed by atoms with Gasteiger partial charge in [-0.05, 0) is 44.5 Å². The Balaban J connectivity index is 1.99. The Labute approximate surface area is 104 Å². The van der Waals surface area contributed by atoms with Crippen molar-refractivity contribution in [2.75, 3.05) is 20.1 Å². The van der Waals surface area contributed by atoms with E-state index >= 15 is 0 Å². The Morgan fingerprint density at radius 3 is 2.35 bits per heavy atom. The molecule has 0 aliphatic carbocycles. The third-order valence-corrected chi connectivity index (χ3v) is 3.57. The topological polar surface area (TPSA) is 38.5 Å². The Bertz CT molecular complexity index is 353. The molecule has 0 spiro atoms. The minimum Gasteiger partial charge on any atom is -0.487 e. The first-order valence-corrected chi connectivity index (χ1v) is 6.28. The number of piperidine rings is 1. The Hall–Kier alpha value is -1.06. The van der Waals surface area contributed by atoms with Crippen molar-refractivity contribution in [2.45, 2.75) is 31.9 Å². The third kappa shape index (κ3) is 3.20. The number of nitrogens with two attached hydrogens (primary N) is 1. The lowest BCUT2D eigenvalue weighted by Crippen LogP contribution is -2.44. The molecular weight excluding hydrogens is 212 g/mol. The van der Waals surface area contributed by atoms with Gasteiger partial charge in [0.1, 0.15) is 11.4 Å². The van der Waals surface area contributed by atoms with Crippen molar-refractivity contribution in [3.05, 3.63) is 29.8 Å². The van der Waals surface area contributed by atoms with Gasteiger partial charge in [-0.25, -0.2) is 0 Å². The lowest BCUT2D eigenvalue weighted by Gasteiger charge is -2.38. The third-order valence-electron chi connectivity index (χ3n) is 3.57. The standard InChI is InChI=1S/C14H22N2O/c1-14(7-9-16(2)10-8-14)17-13-5-3-12(11-15)4-6-13/h3-6H,7-11,15H2,1-2H3. The van der Waals surface area contributed by atoms with E-state index in [1.54, 1.807) is 0 Å². The molecule has 1 aromatic rings. The minimum atomic E-state index is -0.0171. The fourth-order valence-electron chi connectivity index (χ4n) is 2.17. The van der Waals surface area contributed by atoms with Crippen LogP contribution in [0.3, 0.4) is 0 Å². The van der Waals surface area contributed by atoms with Gasteiger partial charge in [-0.3, -0.25) is 0 Å². The molecule has 0 atom stereocenters. The second kappa shape index (κ2) is 5.07. The van der Waals surface area contributed by atoms with Gasteiger partial charge in [0, 0.05) is 19.6 Å².